The van der Waals surface area contributed by atoms with Crippen molar-refractivity contribution < 1.29 is 31.2 Å². The summed E-state index contributed by atoms with van der Waals surface area (Å²) >= 11 is 0. The van der Waals surface area contributed by atoms with E-state index < -0.39 is 39.4 Å². The number of likely N-dealkylation sites (tertiary alicyclic amines) is 1. The van der Waals surface area contributed by atoms with Gasteiger partial charge in [-0.25, -0.2) is 8.42 Å². The van der Waals surface area contributed by atoms with Crippen LogP contribution in [-0.4, -0.2) is 55.1 Å². The highest BCUT2D eigenvalue weighted by Crippen LogP contribution is 2.25. The Morgan fingerprint density at radius 3 is 2.31 bits per heavy atom. The minimum Gasteiger partial charge on any atom is -0.384 e. The zero-order chi connectivity index (χ0) is 26.5. The van der Waals surface area contributed by atoms with Crippen molar-refractivity contribution in [3.8, 4) is 0 Å². The summed E-state index contributed by atoms with van der Waals surface area (Å²) < 4.78 is 64.3. The highest BCUT2D eigenvalue weighted by molar-refractivity contribution is 7.90. The molecular weight excluding hydrogens is 499 g/mol. The molecule has 2 amide bonds. The molecule has 5 N–H and O–H groups in total. The second-order valence-corrected chi connectivity index (χ2v) is 10.0. The maximum atomic E-state index is 13.3. The molecule has 194 valence electrons. The molecule has 2 aromatic carbocycles. The second-order valence-electron chi connectivity index (χ2n) is 8.33. The number of halogens is 3. The van der Waals surface area contributed by atoms with Gasteiger partial charge in [0, 0.05) is 18.7 Å². The first kappa shape index (κ1) is 27.1. The average Bonchev–Trinajstić information content (AvgIpc) is 3.32. The number of alkyl halides is 3. The van der Waals surface area contributed by atoms with Crippen molar-refractivity contribution in [2.75, 3.05) is 6.54 Å². The average molecular weight is 526 g/mol. The van der Waals surface area contributed by atoms with Crippen molar-refractivity contribution >= 4 is 27.7 Å². The number of nitrogens with one attached hydrogen (secondary N) is 3. The number of nitrogens with two attached hydrogens (primary N) is 1. The molecule has 9 nitrogen and oxygen atoms in total. The van der Waals surface area contributed by atoms with E-state index in [0.29, 0.717) is 23.1 Å². The summed E-state index contributed by atoms with van der Waals surface area (Å²) in [5.41, 5.74) is 1.51. The molecule has 0 spiro atoms. The Labute approximate surface area is 206 Å². The van der Waals surface area contributed by atoms with Crippen LogP contribution in [-0.2, 0) is 32.6 Å². The maximum absolute atomic E-state index is 13.3. The van der Waals surface area contributed by atoms with Gasteiger partial charge in [-0.2, -0.15) is 17.9 Å². The highest BCUT2D eigenvalue weighted by Gasteiger charge is 2.48. The van der Waals surface area contributed by atoms with Crippen LogP contribution in [0.3, 0.4) is 0 Å². The van der Waals surface area contributed by atoms with E-state index in [1.807, 2.05) is 0 Å². The van der Waals surface area contributed by atoms with Gasteiger partial charge in [-0.05, 0) is 30.4 Å². The molecule has 36 heavy (non-hydrogen) atoms. The largest absolute Gasteiger partial charge is 0.511 e. The molecule has 3 rings (SSSR count). The van der Waals surface area contributed by atoms with Gasteiger partial charge in [0.1, 0.15) is 17.9 Å². The summed E-state index contributed by atoms with van der Waals surface area (Å²) in [6, 6.07) is 11.9. The normalized spacial score (nSPS) is 17.0. The molecule has 1 fully saturated rings. The lowest BCUT2D eigenvalue weighted by Crippen LogP contribution is -2.55. The number of amidine groups is 1. The molecular formula is C23H26F3N5O4S. The number of hydrogen-bond acceptors (Lipinski definition) is 5. The monoisotopic (exact) mass is 525 g/mol. The van der Waals surface area contributed by atoms with Crippen LogP contribution in [0.4, 0.5) is 13.2 Å². The molecule has 0 unspecified atom stereocenters. The second kappa shape index (κ2) is 11.1. The van der Waals surface area contributed by atoms with Gasteiger partial charge < -0.3 is 16.0 Å². The lowest BCUT2D eigenvalue weighted by atomic mass is 10.0. The zero-order valence-electron chi connectivity index (χ0n) is 19.1. The fraction of sp³-hybridized carbons (Fsp3) is 0.348. The molecule has 1 saturated heterocycles. The molecule has 1 aliphatic heterocycles. The topological polar surface area (TPSA) is 145 Å². The van der Waals surface area contributed by atoms with Crippen LogP contribution in [0.1, 0.15) is 29.5 Å². The van der Waals surface area contributed by atoms with Crippen LogP contribution in [0.15, 0.2) is 54.6 Å². The van der Waals surface area contributed by atoms with Crippen LogP contribution >= 0.6 is 0 Å². The van der Waals surface area contributed by atoms with E-state index >= 15 is 0 Å². The van der Waals surface area contributed by atoms with E-state index in [1.54, 1.807) is 54.6 Å². The van der Waals surface area contributed by atoms with Gasteiger partial charge in [0.25, 0.3) is 0 Å². The van der Waals surface area contributed by atoms with E-state index in [1.165, 1.54) is 4.72 Å². The Morgan fingerprint density at radius 2 is 1.72 bits per heavy atom. The summed E-state index contributed by atoms with van der Waals surface area (Å²) in [5, 5.41) is 10.1. The van der Waals surface area contributed by atoms with E-state index in [9.17, 15) is 31.2 Å². The standard InChI is InChI=1S/C23H26F3N5O4S/c24-23(25,26)36(34,35)30-18(13-15-5-2-1-3-6-15)22(33)31-12-4-7-19(31)21(32)29-14-16-8-10-17(11-9-16)20(27)28/h1-3,5-6,8-11,18-19,30H,4,7,12-14H2,(H3,27,28)(H,29,32)/t18-,19+/m1/s1. The highest BCUT2D eigenvalue weighted by atomic mass is 32.2. The van der Waals surface area contributed by atoms with Crippen molar-refractivity contribution in [3.05, 3.63) is 71.3 Å². The number of amides is 2. The van der Waals surface area contributed by atoms with E-state index in [2.05, 4.69) is 5.32 Å². The molecule has 0 aliphatic carbocycles. The van der Waals surface area contributed by atoms with Gasteiger partial charge in [0.15, 0.2) is 0 Å². The SMILES string of the molecule is N=C(N)c1ccc(CNC(=O)[C@@H]2CCCN2C(=O)[C@@H](Cc2ccccc2)NS(=O)(=O)C(F)(F)F)cc1. The van der Waals surface area contributed by atoms with Gasteiger partial charge >= 0.3 is 15.5 Å². The Balaban J connectivity index is 1.74. The Kier molecular flexibility index (Phi) is 8.35. The molecule has 13 heteroatoms. The Bertz CT molecular complexity index is 1200. The summed E-state index contributed by atoms with van der Waals surface area (Å²) in [4.78, 5) is 27.2. The third kappa shape index (κ3) is 6.61. The van der Waals surface area contributed by atoms with E-state index in [0.717, 1.165) is 4.90 Å². The van der Waals surface area contributed by atoms with Crippen molar-refractivity contribution in [2.24, 2.45) is 5.73 Å². The molecule has 0 radical (unpaired) electrons. The molecule has 1 aliphatic rings. The number of carbonyl (C=O) groups excluding carboxylic acids is 2. The third-order valence-corrected chi connectivity index (χ3v) is 6.96. The van der Waals surface area contributed by atoms with Crippen LogP contribution in [0, 0.1) is 5.41 Å². The van der Waals surface area contributed by atoms with Crippen molar-refractivity contribution in [3.63, 3.8) is 0 Å². The van der Waals surface area contributed by atoms with Crippen molar-refractivity contribution in [1.29, 1.82) is 5.41 Å². The molecule has 2 aromatic rings. The minimum atomic E-state index is -5.81. The van der Waals surface area contributed by atoms with Crippen molar-refractivity contribution in [1.82, 2.24) is 14.9 Å². The molecule has 0 aromatic heterocycles. The van der Waals surface area contributed by atoms with Crippen molar-refractivity contribution in [2.45, 2.75) is 43.4 Å². The van der Waals surface area contributed by atoms with Gasteiger partial charge in [0.2, 0.25) is 11.8 Å². The zero-order valence-corrected chi connectivity index (χ0v) is 19.9. The minimum absolute atomic E-state index is 0.100. The number of hydrogen-bond donors (Lipinski definition) is 4. The predicted octanol–water partition coefficient (Wildman–Crippen LogP) is 1.63. The number of rotatable bonds is 9. The Hall–Kier alpha value is -3.45. The van der Waals surface area contributed by atoms with Crippen LogP contribution in [0.5, 0.6) is 0 Å². The maximum Gasteiger partial charge on any atom is 0.511 e. The fourth-order valence-corrected chi connectivity index (χ4v) is 4.59. The lowest BCUT2D eigenvalue weighted by molar-refractivity contribution is -0.139. The lowest BCUT2D eigenvalue weighted by Gasteiger charge is -2.29. The van der Waals surface area contributed by atoms with Gasteiger partial charge in [-0.3, -0.25) is 15.0 Å². The summed E-state index contributed by atoms with van der Waals surface area (Å²) in [6.07, 6.45) is 0.397. The van der Waals surface area contributed by atoms with E-state index in [-0.39, 0.29) is 31.8 Å². The number of nitrogens with zero attached hydrogens (tertiary/aromatic N) is 1. The first-order chi connectivity index (χ1) is 16.9. The van der Waals surface area contributed by atoms with Crippen LogP contribution in [0.2, 0.25) is 0 Å². The molecule has 0 saturated carbocycles. The summed E-state index contributed by atoms with van der Waals surface area (Å²) in [5.74, 6) is -1.51. The predicted molar refractivity (Wildman–Crippen MR) is 126 cm³/mol. The molecule has 2 atom stereocenters. The first-order valence-electron chi connectivity index (χ1n) is 11.0. The smallest absolute Gasteiger partial charge is 0.384 e. The number of sulfonamides is 1. The quantitative estimate of drug-likeness (QED) is 0.290. The number of nitrogen functional groups attached to an aromatic ring is 1. The fourth-order valence-electron chi connectivity index (χ4n) is 3.90. The number of benzene rings is 2. The molecule has 1 heterocycles. The van der Waals surface area contributed by atoms with Gasteiger partial charge in [-0.15, -0.1) is 0 Å². The number of carbonyl (C=O) groups is 2. The Morgan fingerprint density at radius 1 is 1.08 bits per heavy atom. The molecule has 0 bridgehead atoms. The van der Waals surface area contributed by atoms with Crippen LogP contribution < -0.4 is 15.8 Å². The summed E-state index contributed by atoms with van der Waals surface area (Å²) in [7, 11) is -5.81. The van der Waals surface area contributed by atoms with Gasteiger partial charge in [0.05, 0.1) is 0 Å². The van der Waals surface area contributed by atoms with E-state index in [4.69, 9.17) is 11.1 Å². The first-order valence-corrected chi connectivity index (χ1v) is 12.5. The third-order valence-electron chi connectivity index (χ3n) is 5.75. The summed E-state index contributed by atoms with van der Waals surface area (Å²) in [6.45, 7) is 0.215. The van der Waals surface area contributed by atoms with Gasteiger partial charge in [-0.1, -0.05) is 54.6 Å². The van der Waals surface area contributed by atoms with Crippen LogP contribution in [0.25, 0.3) is 0 Å².